The van der Waals surface area contributed by atoms with E-state index in [1.807, 2.05) is 26.0 Å². The van der Waals surface area contributed by atoms with Gasteiger partial charge in [0.1, 0.15) is 0 Å². The van der Waals surface area contributed by atoms with E-state index in [0.29, 0.717) is 11.7 Å². The molecule has 2 rings (SSSR count). The second-order valence-corrected chi connectivity index (χ2v) is 7.07. The van der Waals surface area contributed by atoms with E-state index in [-0.39, 0.29) is 20.5 Å². The van der Waals surface area contributed by atoms with Crippen molar-refractivity contribution in [3.63, 3.8) is 0 Å². The maximum absolute atomic E-state index is 12.8. The van der Waals surface area contributed by atoms with Crippen LogP contribution in [-0.2, 0) is 12.1 Å². The molecule has 0 amide bonds. The molecule has 0 atom stereocenters. The number of nitrogens with zero attached hydrogens (tertiary/aromatic N) is 2. The van der Waals surface area contributed by atoms with Gasteiger partial charge in [-0.25, -0.2) is 0 Å². The Morgan fingerprint density at radius 3 is 2.53 bits per heavy atom. The Bertz CT molecular complexity index is 572. The molecule has 0 unspecified atom stereocenters. The van der Waals surface area contributed by atoms with Crippen LogP contribution >= 0.6 is 11.6 Å². The summed E-state index contributed by atoms with van der Waals surface area (Å²) in [5, 5.41) is 0. The zero-order chi connectivity index (χ0) is 14.2. The van der Waals surface area contributed by atoms with E-state index in [9.17, 15) is 13.2 Å². The summed E-state index contributed by atoms with van der Waals surface area (Å²) in [6.45, 7) is 3.67. The van der Waals surface area contributed by atoms with Gasteiger partial charge in [0.25, 0.3) is 0 Å². The molecule has 0 aliphatic carbocycles. The van der Waals surface area contributed by atoms with E-state index in [1.165, 1.54) is 0 Å². The second-order valence-electron chi connectivity index (χ2n) is 4.35. The van der Waals surface area contributed by atoms with Crippen molar-refractivity contribution in [2.24, 2.45) is 0 Å². The topological polar surface area (TPSA) is 17.8 Å². The first-order valence-corrected chi connectivity index (χ1v) is 7.88. The molecular formula is C12H12ClF3N2Se. The van der Waals surface area contributed by atoms with E-state index in [0.717, 1.165) is 15.1 Å². The van der Waals surface area contributed by atoms with Crippen LogP contribution in [-0.4, -0.2) is 24.1 Å². The maximum atomic E-state index is 12.8. The summed E-state index contributed by atoms with van der Waals surface area (Å²) in [4.78, 5) is 3.76. The van der Waals surface area contributed by atoms with E-state index in [4.69, 9.17) is 11.6 Å². The third kappa shape index (κ3) is 3.07. The molecule has 0 radical (unpaired) electrons. The van der Waals surface area contributed by atoms with E-state index in [1.54, 1.807) is 4.57 Å². The number of hydrogen-bond donors (Lipinski definition) is 0. The van der Waals surface area contributed by atoms with Crippen molar-refractivity contribution in [3.8, 4) is 10.3 Å². The van der Waals surface area contributed by atoms with Crippen molar-refractivity contribution in [2.75, 3.05) is 0 Å². The van der Waals surface area contributed by atoms with Gasteiger partial charge in [0.05, 0.1) is 0 Å². The van der Waals surface area contributed by atoms with Crippen molar-refractivity contribution in [1.29, 1.82) is 0 Å². The molecule has 19 heavy (non-hydrogen) atoms. The molecule has 104 valence electrons. The van der Waals surface area contributed by atoms with E-state index < -0.39 is 11.9 Å². The van der Waals surface area contributed by atoms with Gasteiger partial charge in [0.15, 0.2) is 0 Å². The molecule has 0 N–H and O–H groups in total. The summed E-state index contributed by atoms with van der Waals surface area (Å²) >= 11 is 5.71. The number of hydrogen-bond acceptors (Lipinski definition) is 1. The van der Waals surface area contributed by atoms with E-state index in [2.05, 4.69) is 4.98 Å². The minimum atomic E-state index is -4.41. The average Bonchev–Trinajstić information content (AvgIpc) is 2.94. The predicted molar refractivity (Wildman–Crippen MR) is 69.5 cm³/mol. The fourth-order valence-electron chi connectivity index (χ4n) is 1.68. The van der Waals surface area contributed by atoms with Crippen LogP contribution in [0.3, 0.4) is 0 Å². The Morgan fingerprint density at radius 2 is 2.05 bits per heavy atom. The molecule has 2 nitrogen and oxygen atoms in total. The first kappa shape index (κ1) is 14.7. The summed E-state index contributed by atoms with van der Waals surface area (Å²) in [7, 11) is 0. The number of rotatable bonds is 3. The molecule has 0 spiro atoms. The van der Waals surface area contributed by atoms with Gasteiger partial charge in [-0.05, 0) is 0 Å². The molecule has 2 aromatic heterocycles. The van der Waals surface area contributed by atoms with Gasteiger partial charge in [0.2, 0.25) is 0 Å². The summed E-state index contributed by atoms with van der Waals surface area (Å²) < 4.78 is 41.7. The molecule has 0 saturated heterocycles. The summed E-state index contributed by atoms with van der Waals surface area (Å²) in [5.74, 6) is 0.813. The molecule has 0 aliphatic rings. The second kappa shape index (κ2) is 5.35. The zero-order valence-electron chi connectivity index (χ0n) is 10.3. The van der Waals surface area contributed by atoms with Crippen LogP contribution in [0.15, 0.2) is 18.3 Å². The van der Waals surface area contributed by atoms with Crippen LogP contribution < -0.4 is 0 Å². The van der Waals surface area contributed by atoms with Crippen LogP contribution in [0.5, 0.6) is 0 Å². The molecular weight excluding hydrogens is 344 g/mol. The summed E-state index contributed by atoms with van der Waals surface area (Å²) in [6, 6.07) is 3.61. The Balaban J connectivity index is 2.52. The van der Waals surface area contributed by atoms with Crippen LogP contribution in [0.2, 0.25) is 0 Å². The zero-order valence-corrected chi connectivity index (χ0v) is 12.8. The van der Waals surface area contributed by atoms with Crippen molar-refractivity contribution in [2.45, 2.75) is 31.9 Å². The Labute approximate surface area is 120 Å². The third-order valence-electron chi connectivity index (χ3n) is 2.59. The minimum absolute atomic E-state index is 0.0391. The van der Waals surface area contributed by atoms with E-state index >= 15 is 0 Å². The van der Waals surface area contributed by atoms with Crippen LogP contribution in [0, 0.1) is 0 Å². The first-order valence-electron chi connectivity index (χ1n) is 5.64. The van der Waals surface area contributed by atoms with Gasteiger partial charge in [-0.1, -0.05) is 0 Å². The molecule has 7 heteroatoms. The van der Waals surface area contributed by atoms with Gasteiger partial charge in [-0.3, -0.25) is 0 Å². The third-order valence-corrected chi connectivity index (χ3v) is 5.51. The van der Waals surface area contributed by atoms with Gasteiger partial charge < -0.3 is 0 Å². The van der Waals surface area contributed by atoms with Gasteiger partial charge in [-0.15, -0.1) is 0 Å². The van der Waals surface area contributed by atoms with Crippen molar-refractivity contribution < 1.29 is 13.2 Å². The normalized spacial score (nSPS) is 12.4. The fraction of sp³-hybridized carbons (Fsp3) is 0.417. The molecule has 0 aromatic carbocycles. The molecule has 2 heterocycles. The molecule has 0 aliphatic heterocycles. The quantitative estimate of drug-likeness (QED) is 0.602. The van der Waals surface area contributed by atoms with Crippen LogP contribution in [0.25, 0.3) is 10.3 Å². The summed E-state index contributed by atoms with van der Waals surface area (Å²) in [5.41, 5.74) is -0.841. The van der Waals surface area contributed by atoms with Crippen molar-refractivity contribution in [3.05, 3.63) is 28.5 Å². The van der Waals surface area contributed by atoms with Crippen molar-refractivity contribution >= 4 is 26.1 Å². The standard InChI is InChI=1S/C12H12ClF3N2Se/c1-7(2)18-6-10(12(14,15)16)17-11(18)9-4-3-8(5-13)19-9/h3-4,6-7H,5H2,1-2H3. The SMILES string of the molecule is CC(C)n1cc(C(F)(F)F)nc1-c1ccc(CCl)[se]1. The average molecular weight is 356 g/mol. The Morgan fingerprint density at radius 1 is 1.37 bits per heavy atom. The number of imidazole rings is 1. The predicted octanol–water partition coefficient (Wildman–Crippen LogP) is 3.95. The molecule has 0 bridgehead atoms. The number of aromatic nitrogens is 2. The Hall–Kier alpha value is -0.711. The molecule has 0 fully saturated rings. The van der Waals surface area contributed by atoms with Gasteiger partial charge in [0, 0.05) is 0 Å². The van der Waals surface area contributed by atoms with Crippen LogP contribution in [0.1, 0.15) is 30.0 Å². The van der Waals surface area contributed by atoms with Crippen molar-refractivity contribution in [1.82, 2.24) is 9.55 Å². The Kier molecular flexibility index (Phi) is 4.14. The molecule has 2 aromatic rings. The molecule has 0 saturated carbocycles. The van der Waals surface area contributed by atoms with Gasteiger partial charge in [-0.2, -0.15) is 0 Å². The monoisotopic (exact) mass is 356 g/mol. The van der Waals surface area contributed by atoms with Gasteiger partial charge >= 0.3 is 119 Å². The number of halogens is 4. The fourth-order valence-corrected chi connectivity index (χ4v) is 3.84. The van der Waals surface area contributed by atoms with Crippen LogP contribution in [0.4, 0.5) is 13.2 Å². The number of alkyl halides is 4. The summed E-state index contributed by atoms with van der Waals surface area (Å²) in [6.07, 6.45) is -3.33. The first-order chi connectivity index (χ1) is 8.82.